The normalized spacial score (nSPS) is 18.1. The van der Waals surface area contributed by atoms with Gasteiger partial charge in [-0.05, 0) is 31.0 Å². The maximum absolute atomic E-state index is 12.4. The molecule has 124 valence electrons. The number of ether oxygens (including phenoxy) is 1. The van der Waals surface area contributed by atoms with E-state index in [0.29, 0.717) is 31.9 Å². The smallest absolute Gasteiger partial charge is 0.253 e. The molecule has 0 atom stereocenters. The molecular weight excluding hydrogens is 294 g/mol. The number of carbonyl (C=O) groups is 2. The zero-order valence-corrected chi connectivity index (χ0v) is 13.3. The summed E-state index contributed by atoms with van der Waals surface area (Å²) in [6, 6.07) is 7.39. The number of amides is 2. The van der Waals surface area contributed by atoms with E-state index in [1.165, 1.54) is 0 Å². The highest BCUT2D eigenvalue weighted by atomic mass is 16.5. The first-order valence-electron chi connectivity index (χ1n) is 8.23. The maximum atomic E-state index is 12.4. The van der Waals surface area contributed by atoms with Crippen LogP contribution >= 0.6 is 0 Å². The monoisotopic (exact) mass is 317 g/mol. The van der Waals surface area contributed by atoms with E-state index in [9.17, 15) is 9.59 Å². The van der Waals surface area contributed by atoms with Gasteiger partial charge in [0.15, 0.2) is 0 Å². The lowest BCUT2D eigenvalue weighted by Crippen LogP contribution is -2.43. The highest BCUT2D eigenvalue weighted by Crippen LogP contribution is 2.16. The van der Waals surface area contributed by atoms with E-state index in [1.807, 2.05) is 29.2 Å². The van der Waals surface area contributed by atoms with Crippen LogP contribution in [-0.4, -0.2) is 67.6 Å². The number of hydrogen-bond donors (Lipinski definition) is 1. The minimum atomic E-state index is 0.0598. The van der Waals surface area contributed by atoms with Crippen LogP contribution < -0.4 is 5.32 Å². The number of nitrogens with zero attached hydrogens (tertiary/aromatic N) is 2. The van der Waals surface area contributed by atoms with Crippen molar-refractivity contribution < 1.29 is 14.3 Å². The van der Waals surface area contributed by atoms with Gasteiger partial charge in [-0.15, -0.1) is 0 Å². The molecule has 1 N–H and O–H groups in total. The van der Waals surface area contributed by atoms with Gasteiger partial charge in [0.05, 0.1) is 19.8 Å². The van der Waals surface area contributed by atoms with Gasteiger partial charge in [0.25, 0.3) is 5.91 Å². The van der Waals surface area contributed by atoms with Crippen LogP contribution in [0, 0.1) is 0 Å². The van der Waals surface area contributed by atoms with Gasteiger partial charge in [-0.3, -0.25) is 9.59 Å². The summed E-state index contributed by atoms with van der Waals surface area (Å²) in [7, 11) is 0. The molecule has 2 heterocycles. The maximum Gasteiger partial charge on any atom is 0.253 e. The first-order valence-corrected chi connectivity index (χ1v) is 8.23. The van der Waals surface area contributed by atoms with Crippen molar-refractivity contribution in [1.82, 2.24) is 9.80 Å². The number of anilines is 1. The van der Waals surface area contributed by atoms with E-state index in [4.69, 9.17) is 4.74 Å². The molecular formula is C17H23N3O3. The number of hydrogen-bond acceptors (Lipinski definition) is 4. The molecule has 23 heavy (non-hydrogen) atoms. The lowest BCUT2D eigenvalue weighted by atomic mass is 10.1. The van der Waals surface area contributed by atoms with Gasteiger partial charge < -0.3 is 19.9 Å². The molecule has 2 saturated heterocycles. The Morgan fingerprint density at radius 1 is 1.04 bits per heavy atom. The van der Waals surface area contributed by atoms with Gasteiger partial charge in [0.1, 0.15) is 0 Å². The number of morpholine rings is 1. The Hall–Kier alpha value is -2.08. The molecule has 0 bridgehead atoms. The van der Waals surface area contributed by atoms with E-state index in [2.05, 4.69) is 5.32 Å². The summed E-state index contributed by atoms with van der Waals surface area (Å²) in [5.74, 6) is 0.134. The van der Waals surface area contributed by atoms with Crippen molar-refractivity contribution >= 4 is 17.5 Å². The second-order valence-electron chi connectivity index (χ2n) is 5.93. The van der Waals surface area contributed by atoms with Crippen molar-refractivity contribution in [1.29, 1.82) is 0 Å². The third-order valence-electron chi connectivity index (χ3n) is 4.31. The number of nitrogens with one attached hydrogen (secondary N) is 1. The fraction of sp³-hybridized carbons (Fsp3) is 0.529. The van der Waals surface area contributed by atoms with E-state index in [1.54, 1.807) is 4.90 Å². The van der Waals surface area contributed by atoms with Crippen LogP contribution in [0.15, 0.2) is 24.3 Å². The Morgan fingerprint density at radius 2 is 1.78 bits per heavy atom. The molecule has 0 unspecified atom stereocenters. The SMILES string of the molecule is O=C(CNc1cccc(C(=O)N2CCCC2)c1)N1CCOCC1. The van der Waals surface area contributed by atoms with Crippen LogP contribution in [0.1, 0.15) is 23.2 Å². The van der Waals surface area contributed by atoms with Crippen molar-refractivity contribution in [3.63, 3.8) is 0 Å². The lowest BCUT2D eigenvalue weighted by molar-refractivity contribution is -0.133. The summed E-state index contributed by atoms with van der Waals surface area (Å²) >= 11 is 0. The predicted octanol–water partition coefficient (Wildman–Crippen LogP) is 1.19. The number of carbonyl (C=O) groups excluding carboxylic acids is 2. The van der Waals surface area contributed by atoms with Crippen LogP contribution in [-0.2, 0) is 9.53 Å². The zero-order chi connectivity index (χ0) is 16.1. The quantitative estimate of drug-likeness (QED) is 0.906. The highest BCUT2D eigenvalue weighted by molar-refractivity contribution is 5.95. The number of rotatable bonds is 4. The third-order valence-corrected chi connectivity index (χ3v) is 4.31. The Balaban J connectivity index is 1.56. The minimum absolute atomic E-state index is 0.0598. The fourth-order valence-corrected chi connectivity index (χ4v) is 2.97. The molecule has 3 rings (SSSR count). The van der Waals surface area contributed by atoms with E-state index in [0.717, 1.165) is 31.6 Å². The van der Waals surface area contributed by atoms with Crippen LogP contribution in [0.3, 0.4) is 0 Å². The van der Waals surface area contributed by atoms with Gasteiger partial charge in [-0.25, -0.2) is 0 Å². The lowest BCUT2D eigenvalue weighted by Gasteiger charge is -2.27. The molecule has 1 aromatic rings. The minimum Gasteiger partial charge on any atom is -0.378 e. The number of likely N-dealkylation sites (tertiary alicyclic amines) is 1. The molecule has 0 aromatic heterocycles. The van der Waals surface area contributed by atoms with Crippen LogP contribution in [0.4, 0.5) is 5.69 Å². The van der Waals surface area contributed by atoms with Crippen molar-refractivity contribution in [2.75, 3.05) is 51.3 Å². The Morgan fingerprint density at radius 3 is 2.52 bits per heavy atom. The summed E-state index contributed by atoms with van der Waals surface area (Å²) in [6.45, 7) is 4.42. The van der Waals surface area contributed by atoms with Gasteiger partial charge in [-0.2, -0.15) is 0 Å². The fourth-order valence-electron chi connectivity index (χ4n) is 2.97. The molecule has 6 nitrogen and oxygen atoms in total. The molecule has 2 aliphatic rings. The molecule has 1 aromatic carbocycles. The highest BCUT2D eigenvalue weighted by Gasteiger charge is 2.20. The second-order valence-corrected chi connectivity index (χ2v) is 5.93. The van der Waals surface area contributed by atoms with Crippen molar-refractivity contribution in [3.8, 4) is 0 Å². The zero-order valence-electron chi connectivity index (χ0n) is 13.3. The Bertz CT molecular complexity index is 564. The largest absolute Gasteiger partial charge is 0.378 e. The van der Waals surface area contributed by atoms with Gasteiger partial charge in [0, 0.05) is 37.4 Å². The van der Waals surface area contributed by atoms with E-state index in [-0.39, 0.29) is 18.4 Å². The van der Waals surface area contributed by atoms with Crippen molar-refractivity contribution in [2.24, 2.45) is 0 Å². The molecule has 0 aliphatic carbocycles. The van der Waals surface area contributed by atoms with E-state index < -0.39 is 0 Å². The average molecular weight is 317 g/mol. The van der Waals surface area contributed by atoms with Gasteiger partial charge >= 0.3 is 0 Å². The summed E-state index contributed by atoms with van der Waals surface area (Å²) in [5, 5.41) is 3.12. The molecule has 2 fully saturated rings. The van der Waals surface area contributed by atoms with Crippen LogP contribution in [0.2, 0.25) is 0 Å². The second kappa shape index (κ2) is 7.46. The predicted molar refractivity (Wildman–Crippen MR) is 87.5 cm³/mol. The summed E-state index contributed by atoms with van der Waals surface area (Å²) < 4.78 is 5.25. The molecule has 2 amide bonds. The Labute approximate surface area is 136 Å². The van der Waals surface area contributed by atoms with Crippen molar-refractivity contribution in [3.05, 3.63) is 29.8 Å². The summed E-state index contributed by atoms with van der Waals surface area (Å²) in [6.07, 6.45) is 2.16. The van der Waals surface area contributed by atoms with Crippen LogP contribution in [0.5, 0.6) is 0 Å². The standard InChI is InChI=1S/C17H23N3O3/c21-16(19-8-10-23-11-9-19)13-18-15-5-3-4-14(12-15)17(22)20-6-1-2-7-20/h3-5,12,18H,1-2,6-11,13H2. The first-order chi connectivity index (χ1) is 11.2. The number of benzene rings is 1. The molecule has 0 spiro atoms. The first kappa shape index (κ1) is 15.8. The molecule has 6 heteroatoms. The third kappa shape index (κ3) is 4.01. The van der Waals surface area contributed by atoms with Crippen molar-refractivity contribution in [2.45, 2.75) is 12.8 Å². The van der Waals surface area contributed by atoms with Gasteiger partial charge in [0.2, 0.25) is 5.91 Å². The molecule has 0 radical (unpaired) electrons. The molecule has 2 aliphatic heterocycles. The average Bonchev–Trinajstić information content (AvgIpc) is 3.14. The summed E-state index contributed by atoms with van der Waals surface area (Å²) in [4.78, 5) is 28.2. The summed E-state index contributed by atoms with van der Waals surface area (Å²) in [5.41, 5.74) is 1.48. The van der Waals surface area contributed by atoms with Gasteiger partial charge in [-0.1, -0.05) is 6.07 Å². The van der Waals surface area contributed by atoms with Crippen LogP contribution in [0.25, 0.3) is 0 Å². The molecule has 0 saturated carbocycles. The Kier molecular flexibility index (Phi) is 5.12. The van der Waals surface area contributed by atoms with E-state index >= 15 is 0 Å². The topological polar surface area (TPSA) is 61.9 Å².